The van der Waals surface area contributed by atoms with Crippen molar-refractivity contribution in [3.63, 3.8) is 0 Å². The van der Waals surface area contributed by atoms with Gasteiger partial charge < -0.3 is 14.8 Å². The van der Waals surface area contributed by atoms with Gasteiger partial charge in [-0.2, -0.15) is 10.2 Å². The van der Waals surface area contributed by atoms with Crippen molar-refractivity contribution >= 4 is 5.82 Å². The number of methoxy groups -OCH3 is 1. The third-order valence-corrected chi connectivity index (χ3v) is 2.63. The minimum Gasteiger partial charge on any atom is -0.489 e. The fourth-order valence-electron chi connectivity index (χ4n) is 1.67. The molecule has 0 spiro atoms. The van der Waals surface area contributed by atoms with E-state index in [1.807, 2.05) is 12.1 Å². The molecule has 0 aliphatic heterocycles. The number of ether oxygens (including phenoxy) is 2. The zero-order valence-corrected chi connectivity index (χ0v) is 11.3. The van der Waals surface area contributed by atoms with Gasteiger partial charge in [-0.05, 0) is 17.7 Å². The summed E-state index contributed by atoms with van der Waals surface area (Å²) in [6.45, 7) is 0. The molecule has 6 nitrogen and oxygen atoms in total. The summed E-state index contributed by atoms with van der Waals surface area (Å²) in [5.41, 5.74) is 0.936. The summed E-state index contributed by atoms with van der Waals surface area (Å²) in [7, 11) is 3.27. The van der Waals surface area contributed by atoms with Gasteiger partial charge in [-0.3, -0.25) is 0 Å². The molecule has 20 heavy (non-hydrogen) atoms. The Hall–Kier alpha value is -2.81. The van der Waals surface area contributed by atoms with Gasteiger partial charge >= 0.3 is 0 Å². The summed E-state index contributed by atoms with van der Waals surface area (Å²) in [6, 6.07) is 9.34. The standard InChI is InChI=1S/C14H14N4O2/c1-16-13-12(19-2)14(18-9-17-13)20-11-5-3-10(4-6-11)7-8-15/h3-6,9H,7H2,1-2H3,(H,16,17,18). The van der Waals surface area contributed by atoms with Gasteiger partial charge in [-0.1, -0.05) is 12.1 Å². The molecule has 2 aromatic rings. The summed E-state index contributed by atoms with van der Waals surface area (Å²) in [4.78, 5) is 8.11. The zero-order chi connectivity index (χ0) is 14.4. The van der Waals surface area contributed by atoms with Crippen LogP contribution in [0.1, 0.15) is 5.56 Å². The monoisotopic (exact) mass is 270 g/mol. The largest absolute Gasteiger partial charge is 0.489 e. The lowest BCUT2D eigenvalue weighted by atomic mass is 10.2. The Morgan fingerprint density at radius 1 is 1.25 bits per heavy atom. The molecule has 0 atom stereocenters. The second-order valence-corrected chi connectivity index (χ2v) is 3.89. The Bertz CT molecular complexity index is 620. The van der Waals surface area contributed by atoms with Crippen LogP contribution in [0.2, 0.25) is 0 Å². The number of nitrogens with zero attached hydrogens (tertiary/aromatic N) is 3. The number of hydrogen-bond acceptors (Lipinski definition) is 6. The van der Waals surface area contributed by atoms with E-state index in [1.54, 1.807) is 19.2 Å². The minimum atomic E-state index is 0.333. The van der Waals surface area contributed by atoms with Crippen molar-refractivity contribution < 1.29 is 9.47 Å². The number of aromatic nitrogens is 2. The minimum absolute atomic E-state index is 0.333. The summed E-state index contributed by atoms with van der Waals surface area (Å²) in [5, 5.41) is 11.5. The first-order valence-electron chi connectivity index (χ1n) is 5.99. The average Bonchev–Trinajstić information content (AvgIpc) is 2.49. The van der Waals surface area contributed by atoms with Crippen LogP contribution in [0.25, 0.3) is 0 Å². The van der Waals surface area contributed by atoms with E-state index in [0.717, 1.165) is 5.56 Å². The molecule has 1 aromatic carbocycles. The first kappa shape index (κ1) is 13.6. The molecule has 1 N–H and O–H groups in total. The third-order valence-electron chi connectivity index (χ3n) is 2.63. The van der Waals surface area contributed by atoms with Crippen molar-refractivity contribution in [3.8, 4) is 23.4 Å². The van der Waals surface area contributed by atoms with Gasteiger partial charge in [0.05, 0.1) is 19.6 Å². The molecule has 0 radical (unpaired) electrons. The summed E-state index contributed by atoms with van der Waals surface area (Å²) in [6.07, 6.45) is 1.77. The van der Waals surface area contributed by atoms with Crippen molar-refractivity contribution in [2.45, 2.75) is 6.42 Å². The molecular formula is C14H14N4O2. The van der Waals surface area contributed by atoms with Crippen LogP contribution in [0, 0.1) is 11.3 Å². The van der Waals surface area contributed by atoms with E-state index < -0.39 is 0 Å². The molecule has 102 valence electrons. The Morgan fingerprint density at radius 2 is 2.00 bits per heavy atom. The number of benzene rings is 1. The predicted octanol–water partition coefficient (Wildman–Crippen LogP) is 2.39. The molecule has 0 aliphatic rings. The van der Waals surface area contributed by atoms with E-state index in [2.05, 4.69) is 21.4 Å². The summed E-state index contributed by atoms with van der Waals surface area (Å²) >= 11 is 0. The van der Waals surface area contributed by atoms with Gasteiger partial charge in [0.15, 0.2) is 5.82 Å². The Morgan fingerprint density at radius 3 is 2.60 bits per heavy atom. The van der Waals surface area contributed by atoms with Gasteiger partial charge in [-0.25, -0.2) is 4.98 Å². The highest BCUT2D eigenvalue weighted by Gasteiger charge is 2.13. The molecule has 0 amide bonds. The summed E-state index contributed by atoms with van der Waals surface area (Å²) in [5.74, 6) is 1.94. The topological polar surface area (TPSA) is 80.1 Å². The molecule has 0 saturated carbocycles. The number of anilines is 1. The number of nitriles is 1. The number of nitrogens with one attached hydrogen (secondary N) is 1. The van der Waals surface area contributed by atoms with Crippen molar-refractivity contribution in [2.24, 2.45) is 0 Å². The van der Waals surface area contributed by atoms with Crippen LogP contribution in [0.3, 0.4) is 0 Å². The van der Waals surface area contributed by atoms with E-state index in [-0.39, 0.29) is 0 Å². The smallest absolute Gasteiger partial charge is 0.268 e. The predicted molar refractivity (Wildman–Crippen MR) is 74.0 cm³/mol. The number of rotatable bonds is 5. The molecule has 1 heterocycles. The Kier molecular flexibility index (Phi) is 4.35. The van der Waals surface area contributed by atoms with Crippen LogP contribution in [-0.4, -0.2) is 24.1 Å². The van der Waals surface area contributed by atoms with Crippen LogP contribution in [-0.2, 0) is 6.42 Å². The Labute approximate surface area is 117 Å². The maximum absolute atomic E-state index is 8.63. The molecule has 6 heteroatoms. The molecule has 0 fully saturated rings. The lowest BCUT2D eigenvalue weighted by Crippen LogP contribution is -2.00. The molecule has 2 rings (SSSR count). The van der Waals surface area contributed by atoms with Gasteiger partial charge in [0.2, 0.25) is 5.75 Å². The van der Waals surface area contributed by atoms with Crippen LogP contribution >= 0.6 is 0 Å². The molecule has 0 aliphatic carbocycles. The average molecular weight is 270 g/mol. The van der Waals surface area contributed by atoms with Crippen molar-refractivity contribution in [3.05, 3.63) is 36.2 Å². The van der Waals surface area contributed by atoms with Gasteiger partial charge in [0.1, 0.15) is 12.1 Å². The molecule has 0 bridgehead atoms. The zero-order valence-electron chi connectivity index (χ0n) is 11.3. The molecule has 0 saturated heterocycles. The number of hydrogen-bond donors (Lipinski definition) is 1. The van der Waals surface area contributed by atoms with E-state index in [1.165, 1.54) is 13.4 Å². The maximum Gasteiger partial charge on any atom is 0.268 e. The van der Waals surface area contributed by atoms with E-state index in [0.29, 0.717) is 29.6 Å². The maximum atomic E-state index is 8.63. The van der Waals surface area contributed by atoms with Crippen LogP contribution < -0.4 is 14.8 Å². The molecule has 0 unspecified atom stereocenters. The molecule has 1 aromatic heterocycles. The van der Waals surface area contributed by atoms with Crippen LogP contribution in [0.15, 0.2) is 30.6 Å². The van der Waals surface area contributed by atoms with Crippen LogP contribution in [0.4, 0.5) is 5.82 Å². The van der Waals surface area contributed by atoms with E-state index in [4.69, 9.17) is 14.7 Å². The van der Waals surface area contributed by atoms with Gasteiger partial charge in [-0.15, -0.1) is 0 Å². The second-order valence-electron chi connectivity index (χ2n) is 3.89. The van der Waals surface area contributed by atoms with Crippen molar-refractivity contribution in [1.82, 2.24) is 9.97 Å². The van der Waals surface area contributed by atoms with Gasteiger partial charge in [0, 0.05) is 7.05 Å². The third kappa shape index (κ3) is 2.95. The van der Waals surface area contributed by atoms with Crippen LogP contribution in [0.5, 0.6) is 17.4 Å². The van der Waals surface area contributed by atoms with Crippen molar-refractivity contribution in [2.75, 3.05) is 19.5 Å². The highest BCUT2D eigenvalue weighted by atomic mass is 16.5. The van der Waals surface area contributed by atoms with Gasteiger partial charge in [0.25, 0.3) is 5.88 Å². The second kappa shape index (κ2) is 6.38. The van der Waals surface area contributed by atoms with E-state index in [9.17, 15) is 0 Å². The SMILES string of the molecule is CNc1ncnc(Oc2ccc(CC#N)cc2)c1OC. The molecular weight excluding hydrogens is 256 g/mol. The first-order chi connectivity index (χ1) is 9.78. The summed E-state index contributed by atoms with van der Waals surface area (Å²) < 4.78 is 10.9. The fourth-order valence-corrected chi connectivity index (χ4v) is 1.67. The lowest BCUT2D eigenvalue weighted by molar-refractivity contribution is 0.369. The first-order valence-corrected chi connectivity index (χ1v) is 5.99. The quantitative estimate of drug-likeness (QED) is 0.898. The highest BCUT2D eigenvalue weighted by molar-refractivity contribution is 5.55. The highest BCUT2D eigenvalue weighted by Crippen LogP contribution is 2.33. The lowest BCUT2D eigenvalue weighted by Gasteiger charge is -2.11. The van der Waals surface area contributed by atoms with Crippen molar-refractivity contribution in [1.29, 1.82) is 5.26 Å². The Balaban J connectivity index is 2.23. The van der Waals surface area contributed by atoms with E-state index >= 15 is 0 Å². The normalized spacial score (nSPS) is 9.65. The fraction of sp³-hybridized carbons (Fsp3) is 0.214.